The summed E-state index contributed by atoms with van der Waals surface area (Å²) in [6, 6.07) is 0. The summed E-state index contributed by atoms with van der Waals surface area (Å²) >= 11 is 0. The van der Waals surface area contributed by atoms with Crippen molar-refractivity contribution in [2.75, 3.05) is 0 Å². The molecule has 0 saturated heterocycles. The Labute approximate surface area is 72.6 Å². The molecule has 2 heteroatoms. The van der Waals surface area contributed by atoms with Gasteiger partial charge in [0.1, 0.15) is 5.82 Å². The van der Waals surface area contributed by atoms with Gasteiger partial charge in [0, 0.05) is 19.2 Å². The van der Waals surface area contributed by atoms with Gasteiger partial charge in [-0.3, -0.25) is 0 Å². The molecule has 62 valence electrons. The Morgan fingerprint density at radius 1 is 1.58 bits per heavy atom. The van der Waals surface area contributed by atoms with Crippen LogP contribution >= 0.6 is 0 Å². The number of hydrogen-bond acceptors (Lipinski definition) is 1. The summed E-state index contributed by atoms with van der Waals surface area (Å²) in [6.45, 7) is 1.12. The highest BCUT2D eigenvalue weighted by molar-refractivity contribution is 5.11. The van der Waals surface area contributed by atoms with E-state index in [1.54, 1.807) is 0 Å². The number of rotatable bonds is 1. The van der Waals surface area contributed by atoms with Crippen molar-refractivity contribution in [1.82, 2.24) is 9.55 Å². The molecular weight excluding hydrogens is 148 g/mol. The summed E-state index contributed by atoms with van der Waals surface area (Å²) in [7, 11) is 0. The largest absolute Gasteiger partial charge is 0.335 e. The van der Waals surface area contributed by atoms with E-state index < -0.39 is 0 Å². The second kappa shape index (κ2) is 3.02. The van der Waals surface area contributed by atoms with E-state index in [-0.39, 0.29) is 0 Å². The van der Waals surface area contributed by atoms with Gasteiger partial charge in [-0.2, -0.15) is 0 Å². The number of imidazole rings is 1. The van der Waals surface area contributed by atoms with Crippen LogP contribution in [-0.2, 0) is 19.4 Å². The van der Waals surface area contributed by atoms with Gasteiger partial charge in [-0.05, 0) is 12.8 Å². The van der Waals surface area contributed by atoms with Crippen LogP contribution < -0.4 is 0 Å². The van der Waals surface area contributed by atoms with Gasteiger partial charge in [0.25, 0.3) is 0 Å². The van der Waals surface area contributed by atoms with E-state index >= 15 is 0 Å². The third-order valence-electron chi connectivity index (χ3n) is 2.24. The molecule has 0 aromatic carbocycles. The average molecular weight is 160 g/mol. The minimum absolute atomic E-state index is 0.667. The molecule has 0 aliphatic carbocycles. The van der Waals surface area contributed by atoms with Crippen LogP contribution in [0.2, 0.25) is 0 Å². The fraction of sp³-hybridized carbons (Fsp3) is 0.500. The molecule has 1 aromatic rings. The standard InChI is InChI=1S/C10H12N2/c1-2-5-9-8-12-7-4-3-6-10(12)11-9/h1,8H,3-7H2. The topological polar surface area (TPSA) is 17.8 Å². The molecule has 1 aliphatic rings. The first-order valence-electron chi connectivity index (χ1n) is 4.38. The molecule has 1 aliphatic heterocycles. The molecule has 2 nitrogen and oxygen atoms in total. The van der Waals surface area contributed by atoms with Crippen LogP contribution in [0.1, 0.15) is 24.4 Å². The monoisotopic (exact) mass is 160 g/mol. The molecule has 2 rings (SSSR count). The Bertz CT molecular complexity index is 294. The van der Waals surface area contributed by atoms with E-state index in [2.05, 4.69) is 21.7 Å². The molecule has 0 amide bonds. The van der Waals surface area contributed by atoms with Crippen LogP contribution in [0.25, 0.3) is 0 Å². The van der Waals surface area contributed by atoms with Crippen molar-refractivity contribution in [3.8, 4) is 12.3 Å². The first kappa shape index (κ1) is 7.42. The van der Waals surface area contributed by atoms with Crippen LogP contribution in [0.5, 0.6) is 0 Å². The van der Waals surface area contributed by atoms with Crippen molar-refractivity contribution in [1.29, 1.82) is 0 Å². The molecule has 0 bridgehead atoms. The summed E-state index contributed by atoms with van der Waals surface area (Å²) in [5.74, 6) is 3.83. The average Bonchev–Trinajstić information content (AvgIpc) is 2.47. The van der Waals surface area contributed by atoms with Crippen LogP contribution in [0.4, 0.5) is 0 Å². The van der Waals surface area contributed by atoms with E-state index in [9.17, 15) is 0 Å². The minimum Gasteiger partial charge on any atom is -0.335 e. The number of terminal acetylenes is 1. The first-order valence-corrected chi connectivity index (χ1v) is 4.38. The van der Waals surface area contributed by atoms with E-state index in [0.29, 0.717) is 6.42 Å². The maximum Gasteiger partial charge on any atom is 0.109 e. The highest BCUT2D eigenvalue weighted by Gasteiger charge is 2.10. The molecular formula is C10H12N2. The third kappa shape index (κ3) is 1.23. The van der Waals surface area contributed by atoms with E-state index in [0.717, 1.165) is 18.7 Å². The highest BCUT2D eigenvalue weighted by atomic mass is 15.1. The molecule has 0 radical (unpaired) electrons. The van der Waals surface area contributed by atoms with Crippen molar-refractivity contribution in [3.05, 3.63) is 17.7 Å². The van der Waals surface area contributed by atoms with E-state index in [1.165, 1.54) is 18.7 Å². The summed E-state index contributed by atoms with van der Waals surface area (Å²) < 4.78 is 2.23. The first-order chi connectivity index (χ1) is 5.90. The lowest BCUT2D eigenvalue weighted by molar-refractivity contribution is 0.522. The second-order valence-corrected chi connectivity index (χ2v) is 3.18. The molecule has 0 atom stereocenters. The lowest BCUT2D eigenvalue weighted by Gasteiger charge is -2.11. The number of fused-ring (bicyclic) bond motifs is 1. The van der Waals surface area contributed by atoms with Crippen molar-refractivity contribution >= 4 is 0 Å². The van der Waals surface area contributed by atoms with Crippen LogP contribution in [0, 0.1) is 12.3 Å². The lowest BCUT2D eigenvalue weighted by atomic mass is 10.2. The van der Waals surface area contributed by atoms with Gasteiger partial charge in [0.05, 0.1) is 12.1 Å². The number of aryl methyl sites for hydroxylation is 2. The molecule has 12 heavy (non-hydrogen) atoms. The molecule has 1 aromatic heterocycles. The minimum atomic E-state index is 0.667. The fourth-order valence-corrected chi connectivity index (χ4v) is 1.66. The molecule has 0 N–H and O–H groups in total. The number of nitrogens with zero attached hydrogens (tertiary/aromatic N) is 2. The zero-order chi connectivity index (χ0) is 8.39. The Balaban J connectivity index is 2.27. The van der Waals surface area contributed by atoms with Gasteiger partial charge < -0.3 is 4.57 Å². The predicted octanol–water partition coefficient (Wildman–Crippen LogP) is 1.40. The summed E-state index contributed by atoms with van der Waals surface area (Å²) in [4.78, 5) is 4.46. The van der Waals surface area contributed by atoms with Gasteiger partial charge in [0.15, 0.2) is 0 Å². The van der Waals surface area contributed by atoms with Crippen LogP contribution in [0.15, 0.2) is 6.20 Å². The van der Waals surface area contributed by atoms with Gasteiger partial charge >= 0.3 is 0 Å². The van der Waals surface area contributed by atoms with Gasteiger partial charge in [-0.25, -0.2) is 4.98 Å². The quantitative estimate of drug-likeness (QED) is 0.568. The number of hydrogen-bond donors (Lipinski definition) is 0. The Kier molecular flexibility index (Phi) is 1.87. The molecule has 0 unspecified atom stereocenters. The van der Waals surface area contributed by atoms with E-state index in [4.69, 9.17) is 6.42 Å². The van der Waals surface area contributed by atoms with Crippen molar-refractivity contribution in [3.63, 3.8) is 0 Å². The Hall–Kier alpha value is -1.23. The smallest absolute Gasteiger partial charge is 0.109 e. The zero-order valence-electron chi connectivity index (χ0n) is 7.08. The number of aromatic nitrogens is 2. The predicted molar refractivity (Wildman–Crippen MR) is 47.7 cm³/mol. The van der Waals surface area contributed by atoms with Crippen molar-refractivity contribution in [2.45, 2.75) is 32.2 Å². The van der Waals surface area contributed by atoms with Gasteiger partial charge in [-0.15, -0.1) is 12.3 Å². The lowest BCUT2D eigenvalue weighted by Crippen LogP contribution is -2.08. The Morgan fingerprint density at radius 3 is 3.25 bits per heavy atom. The zero-order valence-corrected chi connectivity index (χ0v) is 7.08. The van der Waals surface area contributed by atoms with Crippen molar-refractivity contribution < 1.29 is 0 Å². The Morgan fingerprint density at radius 2 is 2.50 bits per heavy atom. The van der Waals surface area contributed by atoms with E-state index in [1.807, 2.05) is 0 Å². The maximum absolute atomic E-state index is 5.22. The molecule has 2 heterocycles. The summed E-state index contributed by atoms with van der Waals surface area (Å²) in [6.07, 6.45) is 11.6. The SMILES string of the molecule is C#CCc1cn2c(n1)CCCC2. The second-order valence-electron chi connectivity index (χ2n) is 3.18. The molecule has 0 fully saturated rings. The van der Waals surface area contributed by atoms with Crippen molar-refractivity contribution in [2.24, 2.45) is 0 Å². The summed E-state index contributed by atoms with van der Waals surface area (Å²) in [5, 5.41) is 0. The fourth-order valence-electron chi connectivity index (χ4n) is 1.66. The molecule has 0 spiro atoms. The maximum atomic E-state index is 5.22. The third-order valence-corrected chi connectivity index (χ3v) is 2.24. The normalized spacial score (nSPS) is 15.2. The highest BCUT2D eigenvalue weighted by Crippen LogP contribution is 2.14. The van der Waals surface area contributed by atoms with Crippen LogP contribution in [-0.4, -0.2) is 9.55 Å². The van der Waals surface area contributed by atoms with Crippen LogP contribution in [0.3, 0.4) is 0 Å². The summed E-state index contributed by atoms with van der Waals surface area (Å²) in [5.41, 5.74) is 1.05. The van der Waals surface area contributed by atoms with Gasteiger partial charge in [0.2, 0.25) is 0 Å². The molecule has 0 saturated carbocycles. The van der Waals surface area contributed by atoms with Gasteiger partial charge in [-0.1, -0.05) is 0 Å².